The van der Waals surface area contributed by atoms with Crippen LogP contribution in [0, 0.1) is 5.41 Å². The molecule has 4 nitrogen and oxygen atoms in total. The predicted molar refractivity (Wildman–Crippen MR) is 119 cm³/mol. The van der Waals surface area contributed by atoms with E-state index in [0.717, 1.165) is 24.8 Å². The zero-order valence-electron chi connectivity index (χ0n) is 19.0. The van der Waals surface area contributed by atoms with Gasteiger partial charge >= 0.3 is 0 Å². The second kappa shape index (κ2) is 8.56. The Morgan fingerprint density at radius 2 is 1.62 bits per heavy atom. The Hall–Kier alpha value is -2.36. The summed E-state index contributed by atoms with van der Waals surface area (Å²) >= 11 is 0. The van der Waals surface area contributed by atoms with Crippen LogP contribution in [-0.4, -0.2) is 22.3 Å². The minimum absolute atomic E-state index is 0.0193. The molecule has 2 amide bonds. The van der Waals surface area contributed by atoms with Gasteiger partial charge in [0.05, 0.1) is 5.54 Å². The fraction of sp³-hybridized carbons (Fsp3) is 0.520. The molecule has 1 aromatic carbocycles. The Bertz CT molecular complexity index is 790. The molecule has 0 saturated carbocycles. The summed E-state index contributed by atoms with van der Waals surface area (Å²) in [7, 11) is 0. The first-order valence-electron chi connectivity index (χ1n) is 10.7. The first-order chi connectivity index (χ1) is 13.6. The lowest BCUT2D eigenvalue weighted by atomic mass is 9.79. The normalized spacial score (nSPS) is 20.3. The molecule has 1 aliphatic rings. The summed E-state index contributed by atoms with van der Waals surface area (Å²) in [4.78, 5) is 27.9. The summed E-state index contributed by atoms with van der Waals surface area (Å²) in [5, 5.41) is 2.91. The summed E-state index contributed by atoms with van der Waals surface area (Å²) in [5.41, 5.74) is 0.423. The minimum Gasteiger partial charge on any atom is -0.332 e. The standard InChI is InChI=1S/C25H36N2O2/c1-8-25(9-2,10-3)22(29)26-17-16-19-18-24(7,20-14-12-11-13-15-20)27(21(19)28)23(4,5)6/h11-18H,8-10H2,1-7H3,(H,26,29)/b17-16-/t24-/m0/s1. The second-order valence-electron chi connectivity index (χ2n) is 9.07. The van der Waals surface area contributed by atoms with Gasteiger partial charge in [-0.15, -0.1) is 0 Å². The molecule has 1 N–H and O–H groups in total. The van der Waals surface area contributed by atoms with E-state index in [1.807, 2.05) is 70.7 Å². The van der Waals surface area contributed by atoms with Gasteiger partial charge in [-0.2, -0.15) is 0 Å². The van der Waals surface area contributed by atoms with Crippen molar-refractivity contribution in [2.24, 2.45) is 5.41 Å². The molecule has 1 heterocycles. The van der Waals surface area contributed by atoms with Crippen LogP contribution in [0.5, 0.6) is 0 Å². The van der Waals surface area contributed by atoms with Crippen LogP contribution < -0.4 is 5.32 Å². The molecule has 0 spiro atoms. The predicted octanol–water partition coefficient (Wildman–Crippen LogP) is 5.32. The number of rotatable bonds is 7. The van der Waals surface area contributed by atoms with E-state index in [2.05, 4.69) is 24.4 Å². The Morgan fingerprint density at radius 1 is 1.07 bits per heavy atom. The minimum atomic E-state index is -0.541. The van der Waals surface area contributed by atoms with Crippen molar-refractivity contribution in [1.29, 1.82) is 0 Å². The molecule has 4 heteroatoms. The average molecular weight is 397 g/mol. The van der Waals surface area contributed by atoms with Crippen LogP contribution in [0.2, 0.25) is 0 Å². The van der Waals surface area contributed by atoms with Crippen LogP contribution in [0.15, 0.2) is 54.3 Å². The number of hydrogen-bond donors (Lipinski definition) is 1. The highest BCUT2D eigenvalue weighted by Gasteiger charge is 2.47. The molecule has 0 radical (unpaired) electrons. The van der Waals surface area contributed by atoms with E-state index in [1.54, 1.807) is 12.3 Å². The van der Waals surface area contributed by atoms with Crippen LogP contribution in [0.25, 0.3) is 0 Å². The van der Waals surface area contributed by atoms with E-state index < -0.39 is 5.54 Å². The maximum absolute atomic E-state index is 13.3. The Balaban J connectivity index is 2.33. The summed E-state index contributed by atoms with van der Waals surface area (Å²) in [6, 6.07) is 10.1. The molecule has 0 unspecified atom stereocenters. The van der Waals surface area contributed by atoms with Crippen molar-refractivity contribution >= 4 is 11.8 Å². The first-order valence-corrected chi connectivity index (χ1v) is 10.7. The summed E-state index contributed by atoms with van der Waals surface area (Å²) in [5.74, 6) is -0.00659. The van der Waals surface area contributed by atoms with Crippen LogP contribution >= 0.6 is 0 Å². The van der Waals surface area contributed by atoms with Crippen molar-refractivity contribution in [2.45, 2.75) is 78.8 Å². The second-order valence-corrected chi connectivity index (χ2v) is 9.07. The van der Waals surface area contributed by atoms with E-state index in [9.17, 15) is 9.59 Å². The molecule has 29 heavy (non-hydrogen) atoms. The van der Waals surface area contributed by atoms with Crippen molar-refractivity contribution in [2.75, 3.05) is 0 Å². The largest absolute Gasteiger partial charge is 0.332 e. The lowest BCUT2D eigenvalue weighted by Crippen LogP contribution is -2.52. The lowest BCUT2D eigenvalue weighted by molar-refractivity contribution is -0.135. The number of carbonyl (C=O) groups excluding carboxylic acids is 2. The van der Waals surface area contributed by atoms with Gasteiger partial charge < -0.3 is 10.2 Å². The molecule has 0 aliphatic carbocycles. The van der Waals surface area contributed by atoms with Gasteiger partial charge in [0.25, 0.3) is 5.91 Å². The number of nitrogens with zero attached hydrogens (tertiary/aromatic N) is 1. The van der Waals surface area contributed by atoms with Gasteiger partial charge in [-0.05, 0) is 64.7 Å². The molecule has 1 aliphatic heterocycles. The van der Waals surface area contributed by atoms with Gasteiger partial charge in [0, 0.05) is 22.7 Å². The van der Waals surface area contributed by atoms with Crippen LogP contribution in [0.4, 0.5) is 0 Å². The van der Waals surface area contributed by atoms with Crippen molar-refractivity contribution < 1.29 is 9.59 Å². The fourth-order valence-electron chi connectivity index (χ4n) is 4.47. The number of hydrogen-bond acceptors (Lipinski definition) is 2. The lowest BCUT2D eigenvalue weighted by Gasteiger charge is -2.44. The third-order valence-electron chi connectivity index (χ3n) is 6.37. The van der Waals surface area contributed by atoms with Gasteiger partial charge in [0.2, 0.25) is 5.91 Å². The SMILES string of the molecule is CCC(CC)(CC)C(=O)N/C=C\C1=C[C@@](C)(c2ccccc2)N(C(C)(C)C)C1=O. The average Bonchev–Trinajstić information content (AvgIpc) is 2.95. The molecule has 1 atom stereocenters. The van der Waals surface area contributed by atoms with Crippen LogP contribution in [-0.2, 0) is 15.1 Å². The molecule has 2 rings (SSSR count). The van der Waals surface area contributed by atoms with E-state index in [-0.39, 0.29) is 22.8 Å². The fourth-order valence-corrected chi connectivity index (χ4v) is 4.47. The molecule has 158 valence electrons. The maximum atomic E-state index is 13.3. The molecular formula is C25H36N2O2. The molecular weight excluding hydrogens is 360 g/mol. The molecule has 0 bridgehead atoms. The monoisotopic (exact) mass is 396 g/mol. The van der Waals surface area contributed by atoms with Gasteiger partial charge in [0.1, 0.15) is 0 Å². The van der Waals surface area contributed by atoms with E-state index >= 15 is 0 Å². The third kappa shape index (κ3) is 4.31. The quantitative estimate of drug-likeness (QED) is 0.678. The van der Waals surface area contributed by atoms with Gasteiger partial charge in [-0.3, -0.25) is 9.59 Å². The van der Waals surface area contributed by atoms with Gasteiger partial charge in [0.15, 0.2) is 0 Å². The number of benzene rings is 1. The van der Waals surface area contributed by atoms with Crippen molar-refractivity contribution in [1.82, 2.24) is 10.2 Å². The van der Waals surface area contributed by atoms with Crippen molar-refractivity contribution in [3.05, 3.63) is 59.8 Å². The highest BCUT2D eigenvalue weighted by atomic mass is 16.2. The first kappa shape index (κ1) is 22.9. The maximum Gasteiger partial charge on any atom is 0.255 e. The van der Waals surface area contributed by atoms with Crippen molar-refractivity contribution in [3.8, 4) is 0 Å². The molecule has 0 fully saturated rings. The number of nitrogens with one attached hydrogen (secondary N) is 1. The molecule has 0 aromatic heterocycles. The Kier molecular flexibility index (Phi) is 6.77. The van der Waals surface area contributed by atoms with E-state index in [1.165, 1.54) is 0 Å². The Labute approximate surface area is 176 Å². The van der Waals surface area contributed by atoms with E-state index in [0.29, 0.717) is 5.57 Å². The third-order valence-corrected chi connectivity index (χ3v) is 6.37. The topological polar surface area (TPSA) is 49.4 Å². The van der Waals surface area contributed by atoms with Gasteiger partial charge in [-0.25, -0.2) is 0 Å². The summed E-state index contributed by atoms with van der Waals surface area (Å²) < 4.78 is 0. The summed E-state index contributed by atoms with van der Waals surface area (Å²) in [6.07, 6.45) is 7.76. The molecule has 0 saturated heterocycles. The van der Waals surface area contributed by atoms with Crippen LogP contribution in [0.3, 0.4) is 0 Å². The number of amides is 2. The van der Waals surface area contributed by atoms with Crippen molar-refractivity contribution in [3.63, 3.8) is 0 Å². The smallest absolute Gasteiger partial charge is 0.255 e. The highest BCUT2D eigenvalue weighted by molar-refractivity contribution is 6.00. The zero-order valence-corrected chi connectivity index (χ0v) is 19.0. The van der Waals surface area contributed by atoms with Gasteiger partial charge in [-0.1, -0.05) is 51.1 Å². The summed E-state index contributed by atoms with van der Waals surface area (Å²) in [6.45, 7) is 14.4. The molecule has 1 aromatic rings. The highest BCUT2D eigenvalue weighted by Crippen LogP contribution is 2.42. The zero-order chi connectivity index (χ0) is 21.9. The Morgan fingerprint density at radius 3 is 2.10 bits per heavy atom. The number of carbonyl (C=O) groups is 2. The van der Waals surface area contributed by atoms with Crippen LogP contribution in [0.1, 0.15) is 73.3 Å². The van der Waals surface area contributed by atoms with E-state index in [4.69, 9.17) is 0 Å².